The van der Waals surface area contributed by atoms with Crippen molar-refractivity contribution < 1.29 is 0 Å². The number of nitrogens with two attached hydrogens (primary N) is 1. The topological polar surface area (TPSA) is 38.9 Å². The Bertz CT molecular complexity index is 208. The van der Waals surface area contributed by atoms with Gasteiger partial charge in [0.1, 0.15) is 0 Å². The van der Waals surface area contributed by atoms with Crippen LogP contribution in [-0.2, 0) is 0 Å². The molecule has 1 atom stereocenters. The van der Waals surface area contributed by atoms with E-state index in [1.165, 1.54) is 5.69 Å². The molecule has 0 aliphatic heterocycles. The van der Waals surface area contributed by atoms with Crippen LogP contribution in [0.5, 0.6) is 0 Å². The lowest BCUT2D eigenvalue weighted by molar-refractivity contribution is 0.626. The summed E-state index contributed by atoms with van der Waals surface area (Å²) >= 11 is 0. The van der Waals surface area contributed by atoms with Crippen molar-refractivity contribution in [1.82, 2.24) is 4.98 Å². The van der Waals surface area contributed by atoms with E-state index in [0.29, 0.717) is 5.92 Å². The van der Waals surface area contributed by atoms with Gasteiger partial charge in [-0.05, 0) is 37.4 Å². The first-order valence-electron chi connectivity index (χ1n) is 4.45. The van der Waals surface area contributed by atoms with Crippen molar-refractivity contribution in [3.63, 3.8) is 0 Å². The Morgan fingerprint density at radius 2 is 2.33 bits per heavy atom. The standard InChI is InChI=1S/C10H16N2/c1-9(5-4-7-11)10-6-2-3-8-12-10/h2-3,6,8-9H,4-5,7,11H2,1H3/t9-/m0/s1. The van der Waals surface area contributed by atoms with Crippen molar-refractivity contribution in [2.45, 2.75) is 25.7 Å². The molecule has 0 bridgehead atoms. The van der Waals surface area contributed by atoms with Crippen LogP contribution in [0.15, 0.2) is 24.4 Å². The van der Waals surface area contributed by atoms with Crippen LogP contribution in [0.4, 0.5) is 0 Å². The fraction of sp³-hybridized carbons (Fsp3) is 0.500. The number of hydrogen-bond donors (Lipinski definition) is 1. The molecule has 2 heteroatoms. The summed E-state index contributed by atoms with van der Waals surface area (Å²) in [6.07, 6.45) is 4.06. The molecule has 0 unspecified atom stereocenters. The molecule has 1 aromatic rings. The summed E-state index contributed by atoms with van der Waals surface area (Å²) in [6, 6.07) is 6.04. The predicted molar refractivity (Wildman–Crippen MR) is 50.9 cm³/mol. The second-order valence-electron chi connectivity index (χ2n) is 3.09. The number of hydrogen-bond acceptors (Lipinski definition) is 2. The van der Waals surface area contributed by atoms with Gasteiger partial charge < -0.3 is 5.73 Å². The first kappa shape index (κ1) is 9.20. The average Bonchev–Trinajstić information content (AvgIpc) is 2.15. The fourth-order valence-electron chi connectivity index (χ4n) is 1.24. The Kier molecular flexibility index (Phi) is 3.74. The molecular formula is C10H16N2. The lowest BCUT2D eigenvalue weighted by Crippen LogP contribution is -2.02. The lowest BCUT2D eigenvalue weighted by Gasteiger charge is -2.08. The number of rotatable bonds is 4. The Labute approximate surface area is 73.8 Å². The quantitative estimate of drug-likeness (QED) is 0.738. The number of pyridine rings is 1. The third-order valence-electron chi connectivity index (χ3n) is 2.03. The molecule has 0 amide bonds. The minimum Gasteiger partial charge on any atom is -0.330 e. The summed E-state index contributed by atoms with van der Waals surface area (Å²) in [4.78, 5) is 4.29. The van der Waals surface area contributed by atoms with Crippen LogP contribution in [-0.4, -0.2) is 11.5 Å². The van der Waals surface area contributed by atoms with Crippen molar-refractivity contribution in [3.8, 4) is 0 Å². The Hall–Kier alpha value is -0.890. The van der Waals surface area contributed by atoms with Crippen molar-refractivity contribution in [2.24, 2.45) is 5.73 Å². The minimum atomic E-state index is 0.537. The van der Waals surface area contributed by atoms with Crippen molar-refractivity contribution in [1.29, 1.82) is 0 Å². The van der Waals surface area contributed by atoms with Crippen LogP contribution >= 0.6 is 0 Å². The second-order valence-corrected chi connectivity index (χ2v) is 3.09. The Balaban J connectivity index is 2.48. The lowest BCUT2D eigenvalue weighted by atomic mass is 10.0. The summed E-state index contributed by atoms with van der Waals surface area (Å²) in [5.74, 6) is 0.537. The summed E-state index contributed by atoms with van der Waals surface area (Å²) < 4.78 is 0. The molecule has 0 saturated heterocycles. The van der Waals surface area contributed by atoms with Crippen molar-refractivity contribution >= 4 is 0 Å². The van der Waals surface area contributed by atoms with E-state index in [1.54, 1.807) is 0 Å². The number of aromatic nitrogens is 1. The van der Waals surface area contributed by atoms with Gasteiger partial charge in [0.25, 0.3) is 0 Å². The van der Waals surface area contributed by atoms with Gasteiger partial charge in [-0.3, -0.25) is 4.98 Å². The van der Waals surface area contributed by atoms with Gasteiger partial charge in [0, 0.05) is 11.9 Å². The summed E-state index contributed by atoms with van der Waals surface area (Å²) in [5, 5.41) is 0. The first-order chi connectivity index (χ1) is 5.84. The van der Waals surface area contributed by atoms with Crippen LogP contribution in [0.25, 0.3) is 0 Å². The van der Waals surface area contributed by atoms with Crippen LogP contribution in [0, 0.1) is 0 Å². The highest BCUT2D eigenvalue weighted by molar-refractivity contribution is 5.07. The SMILES string of the molecule is C[C@@H](CCCN)c1ccccn1. The molecule has 0 aliphatic carbocycles. The molecule has 1 heterocycles. The molecule has 0 saturated carbocycles. The molecule has 0 aromatic carbocycles. The van der Waals surface area contributed by atoms with Gasteiger partial charge in [0.2, 0.25) is 0 Å². The van der Waals surface area contributed by atoms with Crippen LogP contribution < -0.4 is 5.73 Å². The minimum absolute atomic E-state index is 0.537. The van der Waals surface area contributed by atoms with E-state index in [4.69, 9.17) is 5.73 Å². The molecule has 0 aliphatic rings. The molecule has 2 nitrogen and oxygen atoms in total. The van der Waals surface area contributed by atoms with Crippen molar-refractivity contribution in [3.05, 3.63) is 30.1 Å². The second kappa shape index (κ2) is 4.88. The van der Waals surface area contributed by atoms with E-state index in [1.807, 2.05) is 18.3 Å². The van der Waals surface area contributed by atoms with Gasteiger partial charge in [0.05, 0.1) is 0 Å². The predicted octanol–water partition coefficient (Wildman–Crippen LogP) is 1.92. The zero-order valence-corrected chi connectivity index (χ0v) is 7.53. The third-order valence-corrected chi connectivity index (χ3v) is 2.03. The third kappa shape index (κ3) is 2.62. The maximum atomic E-state index is 5.43. The molecule has 1 aromatic heterocycles. The molecular weight excluding hydrogens is 148 g/mol. The molecule has 12 heavy (non-hydrogen) atoms. The maximum absolute atomic E-state index is 5.43. The highest BCUT2D eigenvalue weighted by atomic mass is 14.7. The Morgan fingerprint density at radius 3 is 2.92 bits per heavy atom. The average molecular weight is 164 g/mol. The molecule has 66 valence electrons. The van der Waals surface area contributed by atoms with Gasteiger partial charge in [-0.25, -0.2) is 0 Å². The van der Waals surface area contributed by atoms with Crippen LogP contribution in [0.3, 0.4) is 0 Å². The van der Waals surface area contributed by atoms with Gasteiger partial charge in [-0.1, -0.05) is 13.0 Å². The molecule has 0 spiro atoms. The fourth-order valence-corrected chi connectivity index (χ4v) is 1.24. The van der Waals surface area contributed by atoms with Gasteiger partial charge in [-0.2, -0.15) is 0 Å². The summed E-state index contributed by atoms with van der Waals surface area (Å²) in [6.45, 7) is 2.97. The van der Waals surface area contributed by atoms with E-state index in [9.17, 15) is 0 Å². The van der Waals surface area contributed by atoms with Crippen molar-refractivity contribution in [2.75, 3.05) is 6.54 Å². The van der Waals surface area contributed by atoms with Gasteiger partial charge in [-0.15, -0.1) is 0 Å². The highest BCUT2D eigenvalue weighted by Gasteiger charge is 2.04. The zero-order chi connectivity index (χ0) is 8.81. The molecule has 0 fully saturated rings. The highest BCUT2D eigenvalue weighted by Crippen LogP contribution is 2.16. The summed E-state index contributed by atoms with van der Waals surface area (Å²) in [7, 11) is 0. The maximum Gasteiger partial charge on any atom is 0.0431 e. The van der Waals surface area contributed by atoms with Crippen LogP contribution in [0.1, 0.15) is 31.4 Å². The smallest absolute Gasteiger partial charge is 0.0431 e. The van der Waals surface area contributed by atoms with E-state index >= 15 is 0 Å². The normalized spacial score (nSPS) is 12.8. The van der Waals surface area contributed by atoms with Gasteiger partial charge in [0.15, 0.2) is 0 Å². The number of nitrogens with zero attached hydrogens (tertiary/aromatic N) is 1. The van der Waals surface area contributed by atoms with E-state index in [0.717, 1.165) is 19.4 Å². The zero-order valence-electron chi connectivity index (χ0n) is 7.53. The van der Waals surface area contributed by atoms with Gasteiger partial charge >= 0.3 is 0 Å². The van der Waals surface area contributed by atoms with E-state index in [-0.39, 0.29) is 0 Å². The van der Waals surface area contributed by atoms with E-state index in [2.05, 4.69) is 18.0 Å². The molecule has 0 radical (unpaired) electrons. The molecule has 1 rings (SSSR count). The first-order valence-corrected chi connectivity index (χ1v) is 4.45. The largest absolute Gasteiger partial charge is 0.330 e. The van der Waals surface area contributed by atoms with Crippen LogP contribution in [0.2, 0.25) is 0 Å². The van der Waals surface area contributed by atoms with E-state index < -0.39 is 0 Å². The Morgan fingerprint density at radius 1 is 1.50 bits per heavy atom. The summed E-state index contributed by atoms with van der Waals surface area (Å²) in [5.41, 5.74) is 6.61. The monoisotopic (exact) mass is 164 g/mol. The molecule has 2 N–H and O–H groups in total.